The zero-order valence-corrected chi connectivity index (χ0v) is 50.5. The van der Waals surface area contributed by atoms with Gasteiger partial charge in [0.05, 0.1) is 18.7 Å². The molecule has 19 nitrogen and oxygen atoms in total. The van der Waals surface area contributed by atoms with E-state index in [0.717, 1.165) is 84.7 Å². The van der Waals surface area contributed by atoms with Gasteiger partial charge in [0.2, 0.25) is 12.2 Å². The molecule has 0 spiro atoms. The average Bonchev–Trinajstić information content (AvgIpc) is 3.07. The number of urea groups is 2. The zero-order valence-electron chi connectivity index (χ0n) is 50.5. The van der Waals surface area contributed by atoms with Crippen LogP contribution in [0.4, 0.5) is 14.4 Å². The highest BCUT2D eigenvalue weighted by Gasteiger charge is 2.23. The van der Waals surface area contributed by atoms with Gasteiger partial charge in [0.1, 0.15) is 24.7 Å². The third-order valence-electron chi connectivity index (χ3n) is 14.2. The minimum Gasteiger partial charge on any atom is -0.507 e. The van der Waals surface area contributed by atoms with Crippen LogP contribution in [0.2, 0.25) is 0 Å². The largest absolute Gasteiger partial charge is 0.507 e. The van der Waals surface area contributed by atoms with Crippen molar-refractivity contribution in [3.63, 3.8) is 0 Å². The van der Waals surface area contributed by atoms with Crippen LogP contribution in [0.15, 0.2) is 137 Å². The standard InChI is InChI=1S/C68H83N9O10/c1-68(2,3)39-17-10-16-28-61(81)86-48-58(87-67(84)73-44-22-11-21-43-72-66(83)77(45-23-7-6-19-41-70-50-79)65(82)71-42-20-5-4-18-40-69-49-78)47-85-57-37-38-59(60(80)46-57)64-75-62(55-33-29-53(30-34-55)51-24-12-8-13-25-51)74-63(76-64)56-35-31-54(32-36-56)52-26-14-9-15-27-52/h8-9,12-15,24-27,29-38,46,58,80H,4-7,10-11,16-23,28,39-45,47-48H2,1-3H3,(H,71,82)(H,72,83)(H,73,84). The number of carbonyl (C=O) groups excluding carboxylic acids is 6. The lowest BCUT2D eigenvalue weighted by Crippen LogP contribution is -2.49. The molecule has 87 heavy (non-hydrogen) atoms. The minimum absolute atomic E-state index is 0.172. The molecule has 0 radical (unpaired) electrons. The van der Waals surface area contributed by atoms with Crippen LogP contribution in [-0.4, -0.2) is 120 Å². The smallest absolute Gasteiger partial charge is 0.407 e. The van der Waals surface area contributed by atoms with Crippen molar-refractivity contribution in [3.05, 3.63) is 127 Å². The van der Waals surface area contributed by atoms with Crippen LogP contribution in [0.25, 0.3) is 56.4 Å². The molecule has 6 rings (SSSR count). The second-order valence-corrected chi connectivity index (χ2v) is 22.4. The normalized spacial score (nSPS) is 11.3. The number of unbranched alkanes of at least 4 members (excludes halogenated alkanes) is 10. The average molecular weight is 1190 g/mol. The van der Waals surface area contributed by atoms with Gasteiger partial charge in [-0.25, -0.2) is 53.8 Å². The van der Waals surface area contributed by atoms with E-state index in [0.29, 0.717) is 88.3 Å². The van der Waals surface area contributed by atoms with Gasteiger partial charge in [0, 0.05) is 49.8 Å². The quantitative estimate of drug-likeness (QED) is 0.0124. The Morgan fingerprint density at radius 1 is 0.540 bits per heavy atom. The molecule has 0 fully saturated rings. The number of phenols is 1. The van der Waals surface area contributed by atoms with Crippen molar-refractivity contribution in [2.45, 2.75) is 130 Å². The molecule has 460 valence electrons. The van der Waals surface area contributed by atoms with E-state index in [4.69, 9.17) is 29.2 Å². The number of carbonyl (C=O) groups is 4. The molecule has 1 aromatic heterocycles. The number of imide groups is 1. The van der Waals surface area contributed by atoms with Crippen LogP contribution in [0.5, 0.6) is 11.5 Å². The summed E-state index contributed by atoms with van der Waals surface area (Å²) in [5, 5.41) is 20.1. The van der Waals surface area contributed by atoms with Gasteiger partial charge in [-0.3, -0.25) is 4.79 Å². The van der Waals surface area contributed by atoms with Crippen molar-refractivity contribution in [1.29, 1.82) is 0 Å². The number of rotatable bonds is 36. The molecule has 0 aliphatic rings. The lowest BCUT2D eigenvalue weighted by molar-refractivity contribution is -0.147. The SMILES string of the molecule is CC(C)(C)CCCCCC(=O)OCC(COc1ccc(-c2nc(-c3ccc(-c4ccccc4)cc3)nc(-c3ccc(-c4ccccc4)cc3)n2)c(O)c1)OC(=O)NCCCCCNC(=O)N(CCCCCCN=C=O)C(=O)NCCCCCCN=C=O. The highest BCUT2D eigenvalue weighted by Crippen LogP contribution is 2.34. The summed E-state index contributed by atoms with van der Waals surface area (Å²) in [6, 6.07) is 39.8. The van der Waals surface area contributed by atoms with Crippen LogP contribution in [-0.2, 0) is 23.9 Å². The first-order chi connectivity index (χ1) is 42.3. The summed E-state index contributed by atoms with van der Waals surface area (Å²) in [4.78, 5) is 96.2. The Labute approximate surface area is 510 Å². The van der Waals surface area contributed by atoms with Crippen molar-refractivity contribution in [2.24, 2.45) is 15.4 Å². The Kier molecular flexibility index (Phi) is 28.8. The van der Waals surface area contributed by atoms with Gasteiger partial charge >= 0.3 is 24.1 Å². The third kappa shape index (κ3) is 24.8. The minimum atomic E-state index is -1.02. The molecule has 5 amide bonds. The van der Waals surface area contributed by atoms with Crippen molar-refractivity contribution in [3.8, 4) is 67.9 Å². The number of nitrogens with one attached hydrogen (secondary N) is 3. The Morgan fingerprint density at radius 2 is 1.01 bits per heavy atom. The molecular formula is C68H83N9O10. The van der Waals surface area contributed by atoms with Crippen molar-refractivity contribution >= 4 is 36.3 Å². The maximum atomic E-state index is 13.3. The molecule has 1 unspecified atom stereocenters. The van der Waals surface area contributed by atoms with Crippen molar-refractivity contribution in [2.75, 3.05) is 52.5 Å². The van der Waals surface area contributed by atoms with Gasteiger partial charge in [-0.1, -0.05) is 168 Å². The van der Waals surface area contributed by atoms with E-state index in [-0.39, 0.29) is 55.5 Å². The number of isocyanates is 2. The lowest BCUT2D eigenvalue weighted by atomic mass is 9.89. The molecule has 0 bridgehead atoms. The van der Waals surface area contributed by atoms with E-state index < -0.39 is 30.2 Å². The van der Waals surface area contributed by atoms with Gasteiger partial charge in [-0.2, -0.15) is 0 Å². The van der Waals surface area contributed by atoms with Crippen LogP contribution in [0.3, 0.4) is 0 Å². The summed E-state index contributed by atoms with van der Waals surface area (Å²) in [5.41, 5.74) is 6.25. The molecule has 0 aliphatic carbocycles. The fourth-order valence-electron chi connectivity index (χ4n) is 9.36. The molecule has 0 saturated carbocycles. The molecule has 4 N–H and O–H groups in total. The molecule has 1 heterocycles. The number of hydrogen-bond donors (Lipinski definition) is 4. The molecule has 19 heteroatoms. The first-order valence-corrected chi connectivity index (χ1v) is 30.3. The summed E-state index contributed by atoms with van der Waals surface area (Å²) in [6.07, 6.45) is 12.8. The summed E-state index contributed by atoms with van der Waals surface area (Å²) >= 11 is 0. The molecular weight excluding hydrogens is 1100 g/mol. The Balaban J connectivity index is 1.06. The molecule has 0 aliphatic heterocycles. The number of esters is 1. The van der Waals surface area contributed by atoms with Gasteiger partial charge in [0.15, 0.2) is 23.6 Å². The van der Waals surface area contributed by atoms with Crippen LogP contribution >= 0.6 is 0 Å². The van der Waals surface area contributed by atoms with Gasteiger partial charge in [0.25, 0.3) is 0 Å². The van der Waals surface area contributed by atoms with Crippen molar-refractivity contribution in [1.82, 2.24) is 35.8 Å². The second kappa shape index (κ2) is 37.4. The van der Waals surface area contributed by atoms with Crippen LogP contribution in [0.1, 0.15) is 124 Å². The second-order valence-electron chi connectivity index (χ2n) is 22.4. The van der Waals surface area contributed by atoms with E-state index >= 15 is 0 Å². The van der Waals surface area contributed by atoms with E-state index in [9.17, 15) is 33.9 Å². The Bertz CT molecular complexity index is 3060. The number of aromatic hydroxyl groups is 1. The monoisotopic (exact) mass is 1190 g/mol. The van der Waals surface area contributed by atoms with Gasteiger partial charge < -0.3 is 35.3 Å². The number of aliphatic imine (C=N–C) groups is 2. The number of nitrogens with zero attached hydrogens (tertiary/aromatic N) is 6. The highest BCUT2D eigenvalue weighted by molar-refractivity contribution is 5.93. The Hall–Kier alpha value is -9.05. The van der Waals surface area contributed by atoms with E-state index in [1.165, 1.54) is 23.1 Å². The topological polar surface area (TPSA) is 253 Å². The predicted molar refractivity (Wildman–Crippen MR) is 336 cm³/mol. The summed E-state index contributed by atoms with van der Waals surface area (Å²) in [7, 11) is 0. The Morgan fingerprint density at radius 3 is 1.54 bits per heavy atom. The first-order valence-electron chi connectivity index (χ1n) is 30.3. The molecule has 0 saturated heterocycles. The van der Waals surface area contributed by atoms with Crippen LogP contribution < -0.4 is 20.7 Å². The maximum absolute atomic E-state index is 13.3. The number of hydrogen-bond acceptors (Lipinski definition) is 15. The fraction of sp³-hybridized carbons (Fsp3) is 0.426. The van der Waals surface area contributed by atoms with E-state index in [2.05, 4.69) is 46.7 Å². The number of aromatic nitrogens is 3. The first kappa shape index (κ1) is 67.1. The number of phenolic OH excluding ortho intramolecular Hbond substituents is 1. The fourth-order valence-corrected chi connectivity index (χ4v) is 9.36. The van der Waals surface area contributed by atoms with E-state index in [1.807, 2.05) is 109 Å². The molecule has 1 atom stereocenters. The zero-order chi connectivity index (χ0) is 61.9. The van der Waals surface area contributed by atoms with E-state index in [1.54, 1.807) is 12.1 Å². The molecule has 5 aromatic carbocycles. The number of amides is 5. The maximum Gasteiger partial charge on any atom is 0.407 e. The number of benzene rings is 5. The van der Waals surface area contributed by atoms with Crippen molar-refractivity contribution < 1.29 is 48.1 Å². The number of ether oxygens (including phenoxy) is 3. The van der Waals surface area contributed by atoms with Gasteiger partial charge in [-0.05, 0) is 97.6 Å². The third-order valence-corrected chi connectivity index (χ3v) is 14.2. The highest BCUT2D eigenvalue weighted by atomic mass is 16.6. The number of alkyl carbamates (subject to hydrolysis) is 1. The summed E-state index contributed by atoms with van der Waals surface area (Å²) in [6.45, 7) is 8.03. The summed E-state index contributed by atoms with van der Waals surface area (Å²) in [5.74, 6) is 0.708. The lowest BCUT2D eigenvalue weighted by Gasteiger charge is -2.22. The molecule has 6 aromatic rings. The predicted octanol–water partition coefficient (Wildman–Crippen LogP) is 13.6. The van der Waals surface area contributed by atoms with Crippen LogP contribution in [0, 0.1) is 5.41 Å². The summed E-state index contributed by atoms with van der Waals surface area (Å²) < 4.78 is 17.5. The van der Waals surface area contributed by atoms with Gasteiger partial charge in [-0.15, -0.1) is 0 Å².